The highest BCUT2D eigenvalue weighted by Crippen LogP contribution is 2.22. The van der Waals surface area contributed by atoms with E-state index in [1.807, 2.05) is 40.7 Å². The molecule has 0 aliphatic heterocycles. The van der Waals surface area contributed by atoms with E-state index >= 15 is 0 Å². The zero-order chi connectivity index (χ0) is 13.9. The fourth-order valence-electron chi connectivity index (χ4n) is 2.16. The molecule has 0 spiro atoms. The van der Waals surface area contributed by atoms with E-state index in [0.29, 0.717) is 6.54 Å². The van der Waals surface area contributed by atoms with Gasteiger partial charge in [0.25, 0.3) is 0 Å². The fraction of sp³-hybridized carbons (Fsp3) is 0.643. The summed E-state index contributed by atoms with van der Waals surface area (Å²) in [6, 6.07) is 1.91. The minimum absolute atomic E-state index is 0.0123. The first-order valence-corrected chi connectivity index (χ1v) is 6.44. The lowest BCUT2D eigenvalue weighted by Crippen LogP contribution is -2.39. The van der Waals surface area contributed by atoms with Crippen molar-refractivity contribution >= 4 is 5.91 Å². The smallest absolute Gasteiger partial charge is 0.225 e. The maximum absolute atomic E-state index is 12.1. The van der Waals surface area contributed by atoms with E-state index in [9.17, 15) is 4.79 Å². The van der Waals surface area contributed by atoms with Crippen molar-refractivity contribution in [3.8, 4) is 0 Å². The van der Waals surface area contributed by atoms with Crippen LogP contribution in [-0.2, 0) is 4.79 Å². The molecule has 1 heterocycles. The summed E-state index contributed by atoms with van der Waals surface area (Å²) < 4.78 is 5.48. The number of aryl methyl sites for hydroxylation is 2. The SMILES string of the molecule is Cc1cc(C(C)NC(=O)C(CN)C(C)C)c(C)o1. The highest BCUT2D eigenvalue weighted by atomic mass is 16.3. The van der Waals surface area contributed by atoms with Gasteiger partial charge in [-0.1, -0.05) is 13.8 Å². The molecule has 1 rings (SSSR count). The Bertz CT molecular complexity index is 410. The number of furan rings is 1. The minimum atomic E-state index is -0.138. The van der Waals surface area contributed by atoms with Crippen molar-refractivity contribution in [3.63, 3.8) is 0 Å². The van der Waals surface area contributed by atoms with Crippen LogP contribution >= 0.6 is 0 Å². The second kappa shape index (κ2) is 6.05. The average Bonchev–Trinajstić information content (AvgIpc) is 2.58. The Kier molecular flexibility index (Phi) is 4.96. The van der Waals surface area contributed by atoms with Crippen molar-refractivity contribution < 1.29 is 9.21 Å². The Morgan fingerprint density at radius 3 is 2.39 bits per heavy atom. The van der Waals surface area contributed by atoms with E-state index in [-0.39, 0.29) is 23.8 Å². The summed E-state index contributed by atoms with van der Waals surface area (Å²) in [6.07, 6.45) is 0. The van der Waals surface area contributed by atoms with Gasteiger partial charge in [-0.2, -0.15) is 0 Å². The highest BCUT2D eigenvalue weighted by molar-refractivity contribution is 5.79. The molecular weight excluding hydrogens is 228 g/mol. The molecule has 0 radical (unpaired) electrons. The second-order valence-electron chi connectivity index (χ2n) is 5.19. The predicted octanol–water partition coefficient (Wildman–Crippen LogP) is 2.30. The molecule has 4 heteroatoms. The van der Waals surface area contributed by atoms with Crippen LogP contribution in [0, 0.1) is 25.7 Å². The standard InChI is InChI=1S/C14H24N2O2/c1-8(2)13(7-15)14(17)16-10(4)12-6-9(3)18-11(12)5/h6,8,10,13H,7,15H2,1-5H3,(H,16,17). The van der Waals surface area contributed by atoms with Crippen LogP contribution in [-0.4, -0.2) is 12.5 Å². The average molecular weight is 252 g/mol. The quantitative estimate of drug-likeness (QED) is 0.845. The third-order valence-electron chi connectivity index (χ3n) is 3.30. The predicted molar refractivity (Wildman–Crippen MR) is 72.1 cm³/mol. The van der Waals surface area contributed by atoms with Gasteiger partial charge < -0.3 is 15.5 Å². The van der Waals surface area contributed by atoms with Crippen molar-refractivity contribution in [2.24, 2.45) is 17.6 Å². The first kappa shape index (κ1) is 14.8. The van der Waals surface area contributed by atoms with Gasteiger partial charge in [-0.25, -0.2) is 0 Å². The molecule has 4 nitrogen and oxygen atoms in total. The number of rotatable bonds is 5. The summed E-state index contributed by atoms with van der Waals surface area (Å²) in [4.78, 5) is 12.1. The Labute approximate surface area is 109 Å². The van der Waals surface area contributed by atoms with E-state index in [1.54, 1.807) is 0 Å². The van der Waals surface area contributed by atoms with Gasteiger partial charge in [-0.05, 0) is 32.8 Å². The van der Waals surface area contributed by atoms with Gasteiger partial charge in [0.2, 0.25) is 5.91 Å². The van der Waals surface area contributed by atoms with Crippen molar-refractivity contribution in [1.82, 2.24) is 5.32 Å². The molecule has 0 aromatic carbocycles. The summed E-state index contributed by atoms with van der Waals surface area (Å²) >= 11 is 0. The van der Waals surface area contributed by atoms with Gasteiger partial charge in [-0.15, -0.1) is 0 Å². The van der Waals surface area contributed by atoms with E-state index in [0.717, 1.165) is 17.1 Å². The van der Waals surface area contributed by atoms with Crippen molar-refractivity contribution in [2.75, 3.05) is 6.54 Å². The summed E-state index contributed by atoms with van der Waals surface area (Å²) in [5, 5.41) is 3.00. The highest BCUT2D eigenvalue weighted by Gasteiger charge is 2.23. The Balaban J connectivity index is 2.73. The molecule has 3 N–H and O–H groups in total. The molecule has 0 aliphatic carbocycles. The Morgan fingerprint density at radius 1 is 1.39 bits per heavy atom. The molecule has 1 aromatic rings. The van der Waals surface area contributed by atoms with Gasteiger partial charge in [0, 0.05) is 12.1 Å². The summed E-state index contributed by atoms with van der Waals surface area (Å²) in [5.74, 6) is 1.84. The molecule has 0 bridgehead atoms. The lowest BCUT2D eigenvalue weighted by Gasteiger charge is -2.21. The molecule has 102 valence electrons. The van der Waals surface area contributed by atoms with E-state index in [1.165, 1.54) is 0 Å². The zero-order valence-corrected chi connectivity index (χ0v) is 11.9. The molecular formula is C14H24N2O2. The van der Waals surface area contributed by atoms with Crippen LogP contribution in [0.5, 0.6) is 0 Å². The van der Waals surface area contributed by atoms with E-state index in [2.05, 4.69) is 5.32 Å². The minimum Gasteiger partial charge on any atom is -0.466 e. The molecule has 2 atom stereocenters. The number of carbonyl (C=O) groups is 1. The van der Waals surface area contributed by atoms with Crippen LogP contribution in [0.3, 0.4) is 0 Å². The first-order chi connectivity index (χ1) is 8.36. The largest absolute Gasteiger partial charge is 0.466 e. The Hall–Kier alpha value is -1.29. The number of hydrogen-bond donors (Lipinski definition) is 2. The van der Waals surface area contributed by atoms with E-state index in [4.69, 9.17) is 10.2 Å². The van der Waals surface area contributed by atoms with Gasteiger partial charge in [-0.3, -0.25) is 4.79 Å². The number of amides is 1. The Morgan fingerprint density at radius 2 is 2.00 bits per heavy atom. The molecule has 2 unspecified atom stereocenters. The summed E-state index contributed by atoms with van der Waals surface area (Å²) in [5.41, 5.74) is 6.67. The fourth-order valence-corrected chi connectivity index (χ4v) is 2.16. The van der Waals surface area contributed by atoms with Crippen molar-refractivity contribution in [3.05, 3.63) is 23.2 Å². The molecule has 0 saturated carbocycles. The van der Waals surface area contributed by atoms with Gasteiger partial charge in [0.1, 0.15) is 11.5 Å². The van der Waals surface area contributed by atoms with Gasteiger partial charge >= 0.3 is 0 Å². The van der Waals surface area contributed by atoms with Crippen LogP contribution in [0.25, 0.3) is 0 Å². The third-order valence-corrected chi connectivity index (χ3v) is 3.30. The maximum atomic E-state index is 12.1. The molecule has 18 heavy (non-hydrogen) atoms. The van der Waals surface area contributed by atoms with E-state index < -0.39 is 0 Å². The van der Waals surface area contributed by atoms with Crippen LogP contribution < -0.4 is 11.1 Å². The topological polar surface area (TPSA) is 68.3 Å². The monoisotopic (exact) mass is 252 g/mol. The lowest BCUT2D eigenvalue weighted by molar-refractivity contribution is -0.126. The third kappa shape index (κ3) is 3.35. The van der Waals surface area contributed by atoms with Crippen LogP contribution in [0.15, 0.2) is 10.5 Å². The normalized spacial score (nSPS) is 14.6. The number of nitrogens with two attached hydrogens (primary N) is 1. The summed E-state index contributed by atoms with van der Waals surface area (Å²) in [7, 11) is 0. The number of hydrogen-bond acceptors (Lipinski definition) is 3. The molecule has 0 aliphatic rings. The second-order valence-corrected chi connectivity index (χ2v) is 5.19. The van der Waals surface area contributed by atoms with Crippen LogP contribution in [0.4, 0.5) is 0 Å². The van der Waals surface area contributed by atoms with Crippen LogP contribution in [0.1, 0.15) is 43.9 Å². The van der Waals surface area contributed by atoms with Gasteiger partial charge in [0.05, 0.1) is 12.0 Å². The number of carbonyl (C=O) groups excluding carboxylic acids is 1. The number of nitrogens with one attached hydrogen (secondary N) is 1. The molecule has 1 aromatic heterocycles. The van der Waals surface area contributed by atoms with Crippen molar-refractivity contribution in [2.45, 2.75) is 40.7 Å². The van der Waals surface area contributed by atoms with Crippen LogP contribution in [0.2, 0.25) is 0 Å². The maximum Gasteiger partial charge on any atom is 0.225 e. The first-order valence-electron chi connectivity index (χ1n) is 6.44. The van der Waals surface area contributed by atoms with Crippen molar-refractivity contribution in [1.29, 1.82) is 0 Å². The van der Waals surface area contributed by atoms with Gasteiger partial charge in [0.15, 0.2) is 0 Å². The molecule has 0 fully saturated rings. The zero-order valence-electron chi connectivity index (χ0n) is 11.9. The summed E-state index contributed by atoms with van der Waals surface area (Å²) in [6.45, 7) is 10.2. The lowest BCUT2D eigenvalue weighted by atomic mass is 9.94. The molecule has 0 saturated heterocycles. The molecule has 1 amide bonds.